The summed E-state index contributed by atoms with van der Waals surface area (Å²) in [5.74, 6) is 1.88. The molecule has 35 heavy (non-hydrogen) atoms. The molecule has 2 aliphatic heterocycles. The molecule has 2 aromatic heterocycles. The molecule has 0 saturated carbocycles. The molecule has 0 radical (unpaired) electrons. The number of aryl methyl sites for hydroxylation is 1. The molecule has 2 aliphatic rings. The molecular weight excluding hydrogens is 436 g/mol. The van der Waals surface area contributed by atoms with E-state index < -0.39 is 0 Å². The Morgan fingerprint density at radius 1 is 0.971 bits per heavy atom. The summed E-state index contributed by atoms with van der Waals surface area (Å²) in [4.78, 5) is 21.9. The van der Waals surface area contributed by atoms with Crippen LogP contribution in [0.4, 0.5) is 0 Å². The van der Waals surface area contributed by atoms with E-state index in [0.29, 0.717) is 0 Å². The normalized spacial score (nSPS) is 19.5. The van der Waals surface area contributed by atoms with Crippen LogP contribution in [0.3, 0.4) is 0 Å². The Balaban J connectivity index is 1.24. The van der Waals surface area contributed by atoms with E-state index in [2.05, 4.69) is 51.0 Å². The van der Waals surface area contributed by atoms with Gasteiger partial charge in [0.2, 0.25) is 0 Å². The highest BCUT2D eigenvalue weighted by atomic mass is 16.5. The predicted molar refractivity (Wildman–Crippen MR) is 138 cm³/mol. The molecule has 184 valence electrons. The number of likely N-dealkylation sites (tertiary alicyclic amines) is 1. The van der Waals surface area contributed by atoms with Crippen LogP contribution in [0.25, 0.3) is 5.82 Å². The van der Waals surface area contributed by atoms with Crippen LogP contribution in [-0.2, 0) is 17.8 Å². The maximum atomic E-state index is 12.9. The van der Waals surface area contributed by atoms with Gasteiger partial charge in [-0.3, -0.25) is 9.69 Å². The zero-order valence-corrected chi connectivity index (χ0v) is 20.7. The molecule has 1 fully saturated rings. The summed E-state index contributed by atoms with van der Waals surface area (Å²) < 4.78 is 8.12. The van der Waals surface area contributed by atoms with Crippen LogP contribution in [0, 0.1) is 5.41 Å². The fraction of sp³-hybridized carbons (Fsp3) is 0.448. The van der Waals surface area contributed by atoms with Gasteiger partial charge in [0.05, 0.1) is 0 Å². The molecule has 4 heterocycles. The number of fused-ring (bicyclic) bond motifs is 1. The number of aromatic nitrogens is 2. The molecule has 1 saturated heterocycles. The number of likely N-dealkylation sites (N-methyl/N-ethyl adjacent to an activating group) is 1. The van der Waals surface area contributed by atoms with E-state index in [4.69, 9.17) is 4.74 Å². The zero-order chi connectivity index (χ0) is 24.1. The number of piperidine rings is 1. The van der Waals surface area contributed by atoms with Crippen molar-refractivity contribution in [3.63, 3.8) is 0 Å². The number of amides is 1. The van der Waals surface area contributed by atoms with Crippen molar-refractivity contribution in [3.05, 3.63) is 78.2 Å². The van der Waals surface area contributed by atoms with E-state index in [1.807, 2.05) is 42.4 Å². The monoisotopic (exact) mass is 472 g/mol. The highest BCUT2D eigenvalue weighted by Gasteiger charge is 2.36. The van der Waals surface area contributed by atoms with E-state index in [-0.39, 0.29) is 17.9 Å². The number of ether oxygens (including phenoxy) is 1. The Morgan fingerprint density at radius 3 is 2.63 bits per heavy atom. The maximum Gasteiger partial charge on any atom is 0.260 e. The fourth-order valence-electron chi connectivity index (χ4n) is 5.67. The average molecular weight is 473 g/mol. The molecular formula is C29H36N4O2. The van der Waals surface area contributed by atoms with Crippen molar-refractivity contribution >= 4 is 5.91 Å². The summed E-state index contributed by atoms with van der Waals surface area (Å²) in [7, 11) is 1.94. The van der Waals surface area contributed by atoms with Crippen LogP contribution in [-0.4, -0.2) is 58.5 Å². The van der Waals surface area contributed by atoms with Gasteiger partial charge in [0.1, 0.15) is 11.6 Å². The first-order valence-electron chi connectivity index (χ1n) is 12.9. The van der Waals surface area contributed by atoms with Crippen molar-refractivity contribution in [2.75, 3.05) is 33.3 Å². The van der Waals surface area contributed by atoms with Crippen molar-refractivity contribution in [2.24, 2.45) is 5.41 Å². The molecule has 1 aromatic carbocycles. The third-order valence-electron chi connectivity index (χ3n) is 7.76. The van der Waals surface area contributed by atoms with E-state index in [1.165, 1.54) is 24.1 Å². The van der Waals surface area contributed by atoms with Gasteiger partial charge >= 0.3 is 0 Å². The standard InChI is InChI=1S/C29H36N4O2/c1-31-23-29(14-6-4-10-24-9-2-3-12-26(24)35-22-28(31)34)15-19-32(20-16-29)21-25-11-8-18-33(25)27-13-5-7-17-30-27/h2-3,5,7-9,11-13,17-18H,4,6,10,14-16,19-23H2,1H3. The van der Waals surface area contributed by atoms with Gasteiger partial charge in [-0.15, -0.1) is 0 Å². The number of nitrogens with zero attached hydrogens (tertiary/aromatic N) is 4. The minimum absolute atomic E-state index is 0.0652. The predicted octanol–water partition coefficient (Wildman–Crippen LogP) is 4.72. The van der Waals surface area contributed by atoms with Gasteiger partial charge in [0.15, 0.2) is 6.61 Å². The first-order chi connectivity index (χ1) is 17.1. The smallest absolute Gasteiger partial charge is 0.260 e. The lowest BCUT2D eigenvalue weighted by molar-refractivity contribution is -0.134. The second-order valence-corrected chi connectivity index (χ2v) is 10.2. The second-order valence-electron chi connectivity index (χ2n) is 10.2. The minimum Gasteiger partial charge on any atom is -0.483 e. The Hall–Kier alpha value is -3.12. The molecule has 1 spiro atoms. The molecule has 1 amide bonds. The number of hydrogen-bond donors (Lipinski definition) is 0. The van der Waals surface area contributed by atoms with Crippen LogP contribution in [0.15, 0.2) is 67.0 Å². The van der Waals surface area contributed by atoms with E-state index in [9.17, 15) is 4.79 Å². The van der Waals surface area contributed by atoms with Gasteiger partial charge in [-0.25, -0.2) is 4.98 Å². The quantitative estimate of drug-likeness (QED) is 0.554. The van der Waals surface area contributed by atoms with E-state index in [0.717, 1.165) is 63.4 Å². The van der Waals surface area contributed by atoms with Crippen molar-refractivity contribution in [1.82, 2.24) is 19.4 Å². The van der Waals surface area contributed by atoms with Gasteiger partial charge in [-0.1, -0.05) is 30.7 Å². The van der Waals surface area contributed by atoms with Crippen LogP contribution < -0.4 is 4.74 Å². The fourth-order valence-corrected chi connectivity index (χ4v) is 5.67. The third kappa shape index (κ3) is 5.59. The van der Waals surface area contributed by atoms with Gasteiger partial charge in [-0.2, -0.15) is 0 Å². The molecule has 6 heteroatoms. The highest BCUT2D eigenvalue weighted by Crippen LogP contribution is 2.38. The third-order valence-corrected chi connectivity index (χ3v) is 7.76. The molecule has 5 rings (SSSR count). The van der Waals surface area contributed by atoms with Crippen LogP contribution in [0.5, 0.6) is 5.75 Å². The van der Waals surface area contributed by atoms with Crippen LogP contribution in [0.1, 0.15) is 43.4 Å². The molecule has 0 unspecified atom stereocenters. The summed E-state index contributed by atoms with van der Waals surface area (Å²) in [6.07, 6.45) is 10.7. The number of benzene rings is 1. The topological polar surface area (TPSA) is 50.6 Å². The lowest BCUT2D eigenvalue weighted by Gasteiger charge is -2.44. The Bertz CT molecular complexity index is 1120. The van der Waals surface area contributed by atoms with Crippen molar-refractivity contribution < 1.29 is 9.53 Å². The maximum absolute atomic E-state index is 12.9. The van der Waals surface area contributed by atoms with Crippen LogP contribution in [0.2, 0.25) is 0 Å². The van der Waals surface area contributed by atoms with Gasteiger partial charge in [-0.05, 0) is 86.5 Å². The van der Waals surface area contributed by atoms with Crippen molar-refractivity contribution in [1.29, 1.82) is 0 Å². The number of pyridine rings is 1. The van der Waals surface area contributed by atoms with E-state index in [1.54, 1.807) is 0 Å². The Kier molecular flexibility index (Phi) is 7.19. The van der Waals surface area contributed by atoms with Gasteiger partial charge < -0.3 is 14.2 Å². The SMILES string of the molecule is CN1CC2(CCCCc3ccccc3OCC1=O)CCN(Cc1cccn1-c1ccccn1)CC2. The Morgan fingerprint density at radius 2 is 1.80 bits per heavy atom. The average Bonchev–Trinajstić information content (AvgIpc) is 3.35. The number of rotatable bonds is 3. The largest absolute Gasteiger partial charge is 0.483 e. The summed E-state index contributed by atoms with van der Waals surface area (Å²) in [5.41, 5.74) is 2.66. The van der Waals surface area contributed by atoms with Crippen LogP contribution >= 0.6 is 0 Å². The lowest BCUT2D eigenvalue weighted by atomic mass is 9.73. The van der Waals surface area contributed by atoms with Gasteiger partial charge in [0.25, 0.3) is 5.91 Å². The summed E-state index contributed by atoms with van der Waals surface area (Å²) in [6, 6.07) is 18.5. The minimum atomic E-state index is 0.0652. The highest BCUT2D eigenvalue weighted by molar-refractivity contribution is 5.77. The van der Waals surface area contributed by atoms with Gasteiger partial charge in [0, 0.05) is 38.2 Å². The molecule has 3 aromatic rings. The zero-order valence-electron chi connectivity index (χ0n) is 20.7. The Labute approximate surface area is 208 Å². The number of para-hydroxylation sites is 1. The molecule has 0 N–H and O–H groups in total. The van der Waals surface area contributed by atoms with Crippen molar-refractivity contribution in [3.8, 4) is 11.6 Å². The molecule has 0 atom stereocenters. The number of carbonyl (C=O) groups is 1. The number of hydrogen-bond acceptors (Lipinski definition) is 4. The molecule has 0 bridgehead atoms. The van der Waals surface area contributed by atoms with E-state index >= 15 is 0 Å². The molecule has 6 nitrogen and oxygen atoms in total. The summed E-state index contributed by atoms with van der Waals surface area (Å²) in [5, 5.41) is 0. The summed E-state index contributed by atoms with van der Waals surface area (Å²) in [6.45, 7) is 3.94. The number of carbonyl (C=O) groups excluding carboxylic acids is 1. The first kappa shape index (κ1) is 23.6. The van der Waals surface area contributed by atoms with Crippen molar-refractivity contribution in [2.45, 2.75) is 45.1 Å². The molecule has 0 aliphatic carbocycles. The summed E-state index contributed by atoms with van der Waals surface area (Å²) >= 11 is 0. The second kappa shape index (κ2) is 10.6. The lowest BCUT2D eigenvalue weighted by Crippen LogP contribution is -2.47. The first-order valence-corrected chi connectivity index (χ1v) is 12.9.